The number of benzene rings is 4. The van der Waals surface area contributed by atoms with Gasteiger partial charge in [0.15, 0.2) is 11.3 Å². The first-order valence-electron chi connectivity index (χ1n) is 16.8. The summed E-state index contributed by atoms with van der Waals surface area (Å²) in [6.45, 7) is 1.28. The number of phenolic OH excluding ortho intramolecular Hbond substituents is 1. The Hall–Kier alpha value is -5.76. The van der Waals surface area contributed by atoms with Crippen LogP contribution in [-0.2, 0) is 39.2 Å². The third-order valence-electron chi connectivity index (χ3n) is 7.92. The minimum Gasteiger partial charge on any atom is -0.508 e. The lowest BCUT2D eigenvalue weighted by atomic mass is 10.2. The number of rotatable bonds is 10. The molecule has 0 fully saturated rings. The standard InChI is InChI=1S/C20H17ClN4O2.C13H12O2.C7H6BrClN4/c1-25-20-18(19(21)22-13-23-20)17(24-25)12-27-16-9-5-8-15(10-16)26-11-14-6-3-2-4-7-14;14-12-7-4-8-13(9-12)15-10-11-5-2-1-3-6-11;1-13-7-5(4(2-8)12-13)6(9)10-3-11-7/h2-10,13H,11-12H2,1H3;1-9,14H,10H2;3H,2H2,1H3. The third kappa shape index (κ3) is 10.5. The molecular formula is C40H35BrCl2N8O4. The van der Waals surface area contributed by atoms with Crippen molar-refractivity contribution in [3.8, 4) is 23.0 Å². The number of nitrogens with zero attached hydrogens (tertiary/aromatic N) is 8. The minimum absolute atomic E-state index is 0.223. The highest BCUT2D eigenvalue weighted by Gasteiger charge is 2.15. The van der Waals surface area contributed by atoms with Crippen molar-refractivity contribution in [3.05, 3.63) is 155 Å². The van der Waals surface area contributed by atoms with Crippen LogP contribution in [-0.4, -0.2) is 44.6 Å². The fourth-order valence-corrected chi connectivity index (χ4v) is 6.18. The molecule has 0 aliphatic rings. The van der Waals surface area contributed by atoms with Gasteiger partial charge >= 0.3 is 0 Å². The van der Waals surface area contributed by atoms with Gasteiger partial charge in [-0.2, -0.15) is 10.2 Å². The van der Waals surface area contributed by atoms with Crippen LogP contribution in [0.15, 0.2) is 122 Å². The molecule has 4 aromatic heterocycles. The normalized spacial score (nSPS) is 10.6. The number of fused-ring (bicyclic) bond motifs is 2. The molecule has 55 heavy (non-hydrogen) atoms. The van der Waals surface area contributed by atoms with Gasteiger partial charge in [0.25, 0.3) is 0 Å². The van der Waals surface area contributed by atoms with Gasteiger partial charge in [-0.15, -0.1) is 0 Å². The van der Waals surface area contributed by atoms with E-state index in [1.807, 2.05) is 105 Å². The number of phenols is 1. The molecule has 280 valence electrons. The van der Waals surface area contributed by atoms with Crippen molar-refractivity contribution in [1.82, 2.24) is 39.5 Å². The molecule has 1 N–H and O–H groups in total. The van der Waals surface area contributed by atoms with Crippen molar-refractivity contribution >= 4 is 61.2 Å². The monoisotopic (exact) mass is 840 g/mol. The topological polar surface area (TPSA) is 135 Å². The first kappa shape index (κ1) is 38.9. The van der Waals surface area contributed by atoms with Crippen molar-refractivity contribution in [3.63, 3.8) is 0 Å². The van der Waals surface area contributed by atoms with Gasteiger partial charge in [-0.25, -0.2) is 24.6 Å². The van der Waals surface area contributed by atoms with E-state index >= 15 is 0 Å². The molecule has 12 nitrogen and oxygen atoms in total. The number of aromatic nitrogens is 8. The molecule has 0 saturated heterocycles. The van der Waals surface area contributed by atoms with E-state index < -0.39 is 0 Å². The number of ether oxygens (including phenoxy) is 3. The lowest BCUT2D eigenvalue weighted by Crippen LogP contribution is -1.99. The molecule has 4 aromatic carbocycles. The number of alkyl halides is 1. The molecule has 0 aliphatic carbocycles. The maximum atomic E-state index is 9.23. The summed E-state index contributed by atoms with van der Waals surface area (Å²) in [5.74, 6) is 2.33. The third-order valence-corrected chi connectivity index (χ3v) is 9.02. The first-order valence-corrected chi connectivity index (χ1v) is 18.7. The summed E-state index contributed by atoms with van der Waals surface area (Å²) < 4.78 is 20.6. The van der Waals surface area contributed by atoms with Crippen LogP contribution in [0.1, 0.15) is 22.5 Å². The van der Waals surface area contributed by atoms with Gasteiger partial charge < -0.3 is 19.3 Å². The molecule has 0 atom stereocenters. The Labute approximate surface area is 335 Å². The predicted octanol–water partition coefficient (Wildman–Crippen LogP) is 9.06. The fraction of sp³-hybridized carbons (Fsp3) is 0.150. The Morgan fingerprint density at radius 1 is 0.564 bits per heavy atom. The quantitative estimate of drug-likeness (QED) is 0.105. The van der Waals surface area contributed by atoms with Crippen LogP contribution in [0.2, 0.25) is 10.3 Å². The summed E-state index contributed by atoms with van der Waals surface area (Å²) in [7, 11) is 3.64. The Kier molecular flexibility index (Phi) is 13.5. The Morgan fingerprint density at radius 3 is 1.53 bits per heavy atom. The summed E-state index contributed by atoms with van der Waals surface area (Å²) in [5, 5.41) is 20.9. The molecule has 4 heterocycles. The van der Waals surface area contributed by atoms with Crippen LogP contribution in [0.5, 0.6) is 23.0 Å². The van der Waals surface area contributed by atoms with Crippen molar-refractivity contribution in [2.75, 3.05) is 0 Å². The number of aromatic hydroxyl groups is 1. The van der Waals surface area contributed by atoms with Crippen LogP contribution in [0, 0.1) is 0 Å². The highest BCUT2D eigenvalue weighted by molar-refractivity contribution is 9.08. The molecule has 0 unspecified atom stereocenters. The average molecular weight is 843 g/mol. The van der Waals surface area contributed by atoms with Crippen molar-refractivity contribution in [2.24, 2.45) is 14.1 Å². The number of hydrogen-bond donors (Lipinski definition) is 1. The second-order valence-corrected chi connectivity index (χ2v) is 13.1. The van der Waals surface area contributed by atoms with E-state index in [1.54, 1.807) is 27.6 Å². The van der Waals surface area contributed by atoms with Gasteiger partial charge in [-0.1, -0.05) is 112 Å². The van der Waals surface area contributed by atoms with Gasteiger partial charge in [0.2, 0.25) is 0 Å². The van der Waals surface area contributed by atoms with Gasteiger partial charge in [0.1, 0.15) is 71.5 Å². The zero-order valence-electron chi connectivity index (χ0n) is 29.8. The lowest BCUT2D eigenvalue weighted by Gasteiger charge is -2.09. The summed E-state index contributed by atoms with van der Waals surface area (Å²) in [5.41, 5.74) is 5.21. The molecule has 0 aliphatic heterocycles. The zero-order valence-corrected chi connectivity index (χ0v) is 32.9. The molecule has 0 bridgehead atoms. The summed E-state index contributed by atoms with van der Waals surface area (Å²) in [6.07, 6.45) is 2.86. The van der Waals surface area contributed by atoms with Crippen molar-refractivity contribution in [1.29, 1.82) is 0 Å². The maximum Gasteiger partial charge on any atom is 0.162 e. The van der Waals surface area contributed by atoms with E-state index in [-0.39, 0.29) is 12.4 Å². The average Bonchev–Trinajstić information content (AvgIpc) is 3.73. The molecule has 0 spiro atoms. The molecule has 0 amide bonds. The Morgan fingerprint density at radius 2 is 1.02 bits per heavy atom. The van der Waals surface area contributed by atoms with Crippen LogP contribution in [0.3, 0.4) is 0 Å². The highest BCUT2D eigenvalue weighted by Crippen LogP contribution is 2.26. The van der Waals surface area contributed by atoms with Crippen molar-refractivity contribution < 1.29 is 19.3 Å². The highest BCUT2D eigenvalue weighted by atomic mass is 79.9. The first-order chi connectivity index (χ1) is 26.8. The number of halogens is 3. The molecular weight excluding hydrogens is 807 g/mol. The number of hydrogen-bond acceptors (Lipinski definition) is 10. The Balaban J connectivity index is 0.000000155. The lowest BCUT2D eigenvalue weighted by molar-refractivity contribution is 0.287. The van der Waals surface area contributed by atoms with Gasteiger partial charge in [-0.05, 0) is 35.4 Å². The van der Waals surface area contributed by atoms with Crippen LogP contribution < -0.4 is 14.2 Å². The van der Waals surface area contributed by atoms with Crippen molar-refractivity contribution in [2.45, 2.75) is 25.2 Å². The second kappa shape index (κ2) is 19.0. The van der Waals surface area contributed by atoms with E-state index in [1.165, 1.54) is 12.7 Å². The SMILES string of the molecule is Cn1nc(CBr)c2c(Cl)ncnc21.Cn1nc(COc2cccc(OCc3ccccc3)c2)c2c(Cl)ncnc21.Oc1cccc(OCc2ccccc2)c1. The van der Waals surface area contributed by atoms with E-state index in [9.17, 15) is 5.11 Å². The predicted molar refractivity (Wildman–Crippen MR) is 216 cm³/mol. The van der Waals surface area contributed by atoms with Crippen LogP contribution >= 0.6 is 39.1 Å². The van der Waals surface area contributed by atoms with E-state index in [0.29, 0.717) is 57.1 Å². The van der Waals surface area contributed by atoms with Gasteiger partial charge in [0.05, 0.1) is 16.5 Å². The molecule has 8 rings (SSSR count). The van der Waals surface area contributed by atoms with E-state index in [2.05, 4.69) is 46.1 Å². The Bertz CT molecular complexity index is 2470. The van der Waals surface area contributed by atoms with Gasteiger partial charge in [0, 0.05) is 31.6 Å². The molecule has 8 aromatic rings. The summed E-state index contributed by atoms with van der Waals surface area (Å²) in [4.78, 5) is 16.2. The summed E-state index contributed by atoms with van der Waals surface area (Å²) >= 11 is 15.5. The van der Waals surface area contributed by atoms with E-state index in [0.717, 1.165) is 33.6 Å². The van der Waals surface area contributed by atoms with Gasteiger partial charge in [-0.3, -0.25) is 4.68 Å². The molecule has 15 heteroatoms. The van der Waals surface area contributed by atoms with Crippen LogP contribution in [0.4, 0.5) is 0 Å². The molecule has 0 radical (unpaired) electrons. The second-order valence-electron chi connectivity index (χ2n) is 11.8. The zero-order chi connectivity index (χ0) is 38.6. The largest absolute Gasteiger partial charge is 0.508 e. The van der Waals surface area contributed by atoms with E-state index in [4.69, 9.17) is 37.4 Å². The summed E-state index contributed by atoms with van der Waals surface area (Å²) in [6, 6.07) is 34.3. The maximum absolute atomic E-state index is 9.23. The fourth-order valence-electron chi connectivity index (χ4n) is 5.31. The number of aryl methyl sites for hydroxylation is 2. The van der Waals surface area contributed by atoms with Crippen LogP contribution in [0.25, 0.3) is 22.1 Å². The smallest absolute Gasteiger partial charge is 0.162 e. The molecule has 0 saturated carbocycles. The minimum atomic E-state index is 0.223.